The molecule has 0 aromatic rings. The number of nitrogens with one attached hydrogen (secondary N) is 2. The van der Waals surface area contributed by atoms with Gasteiger partial charge in [0.25, 0.3) is 0 Å². The summed E-state index contributed by atoms with van der Waals surface area (Å²) in [4.78, 5) is 11.9. The highest BCUT2D eigenvalue weighted by Crippen LogP contribution is 2.36. The summed E-state index contributed by atoms with van der Waals surface area (Å²) < 4.78 is 0. The van der Waals surface area contributed by atoms with E-state index in [1.807, 2.05) is 0 Å². The summed E-state index contributed by atoms with van der Waals surface area (Å²) in [5, 5.41) is 6.43. The molecular weight excluding hydrogens is 236 g/mol. The van der Waals surface area contributed by atoms with Crippen LogP contribution in [0.3, 0.4) is 0 Å². The van der Waals surface area contributed by atoms with Gasteiger partial charge in [-0.05, 0) is 37.6 Å². The average Bonchev–Trinajstić information content (AvgIpc) is 2.75. The number of piperidine rings is 1. The fraction of sp³-hybridized carbons (Fsp3) is 0.923. The van der Waals surface area contributed by atoms with E-state index in [2.05, 4.69) is 17.6 Å². The summed E-state index contributed by atoms with van der Waals surface area (Å²) in [7, 11) is 0. The lowest BCUT2D eigenvalue weighted by molar-refractivity contribution is -0.124. The van der Waals surface area contributed by atoms with Gasteiger partial charge in [-0.15, -0.1) is 12.4 Å². The molecular formula is C13H25ClN2O. The molecule has 1 saturated carbocycles. The Morgan fingerprint density at radius 1 is 1.29 bits per heavy atom. The molecule has 17 heavy (non-hydrogen) atoms. The summed E-state index contributed by atoms with van der Waals surface area (Å²) in [6, 6.07) is 0.0683. The Morgan fingerprint density at radius 2 is 2.00 bits per heavy atom. The number of halogens is 1. The van der Waals surface area contributed by atoms with Crippen molar-refractivity contribution in [1.29, 1.82) is 0 Å². The Kier molecular flexibility index (Phi) is 5.74. The van der Waals surface area contributed by atoms with Gasteiger partial charge in [0.05, 0.1) is 6.04 Å². The molecule has 0 unspecified atom stereocenters. The third-order valence-electron chi connectivity index (χ3n) is 4.13. The van der Waals surface area contributed by atoms with Gasteiger partial charge in [0.1, 0.15) is 0 Å². The maximum absolute atomic E-state index is 11.9. The molecule has 1 heterocycles. The smallest absolute Gasteiger partial charge is 0.237 e. The van der Waals surface area contributed by atoms with Crippen molar-refractivity contribution in [3.05, 3.63) is 0 Å². The zero-order valence-corrected chi connectivity index (χ0v) is 11.6. The van der Waals surface area contributed by atoms with Gasteiger partial charge in [-0.25, -0.2) is 0 Å². The second-order valence-corrected chi connectivity index (χ2v) is 5.74. The van der Waals surface area contributed by atoms with Crippen LogP contribution in [0.5, 0.6) is 0 Å². The fourth-order valence-electron chi connectivity index (χ4n) is 2.90. The van der Waals surface area contributed by atoms with Crippen molar-refractivity contribution >= 4 is 18.3 Å². The van der Waals surface area contributed by atoms with Gasteiger partial charge >= 0.3 is 0 Å². The molecule has 2 N–H and O–H groups in total. The fourth-order valence-corrected chi connectivity index (χ4v) is 2.90. The number of hydrogen-bond donors (Lipinski definition) is 2. The molecule has 1 aliphatic carbocycles. The number of carbonyl (C=O) groups is 1. The minimum absolute atomic E-state index is 0. The van der Waals surface area contributed by atoms with Crippen LogP contribution in [-0.2, 0) is 4.79 Å². The van der Waals surface area contributed by atoms with Crippen LogP contribution in [0.15, 0.2) is 0 Å². The molecule has 1 amide bonds. The molecule has 2 rings (SSSR count). The monoisotopic (exact) mass is 260 g/mol. The summed E-state index contributed by atoms with van der Waals surface area (Å²) in [6.07, 6.45) is 8.59. The molecule has 2 fully saturated rings. The van der Waals surface area contributed by atoms with E-state index in [9.17, 15) is 4.79 Å². The first-order valence-electron chi connectivity index (χ1n) is 6.71. The van der Waals surface area contributed by atoms with E-state index in [0.29, 0.717) is 5.41 Å². The van der Waals surface area contributed by atoms with Crippen LogP contribution in [0.4, 0.5) is 0 Å². The van der Waals surface area contributed by atoms with E-state index in [1.165, 1.54) is 38.5 Å². The lowest BCUT2D eigenvalue weighted by Gasteiger charge is -2.27. The van der Waals surface area contributed by atoms with Crippen LogP contribution < -0.4 is 10.6 Å². The van der Waals surface area contributed by atoms with E-state index in [0.717, 1.165) is 19.5 Å². The van der Waals surface area contributed by atoms with Crippen LogP contribution in [0.2, 0.25) is 0 Å². The van der Waals surface area contributed by atoms with Crippen molar-refractivity contribution in [3.8, 4) is 0 Å². The predicted molar refractivity (Wildman–Crippen MR) is 72.5 cm³/mol. The second kappa shape index (κ2) is 6.60. The Balaban J connectivity index is 0.00000144. The summed E-state index contributed by atoms with van der Waals surface area (Å²) in [5.41, 5.74) is 0.365. The number of rotatable bonds is 3. The Hall–Kier alpha value is -0.280. The molecule has 1 atom stereocenters. The number of carbonyl (C=O) groups excluding carboxylic acids is 1. The highest BCUT2D eigenvalue weighted by molar-refractivity contribution is 5.85. The van der Waals surface area contributed by atoms with Crippen molar-refractivity contribution in [2.45, 2.75) is 57.9 Å². The molecule has 4 heteroatoms. The summed E-state index contributed by atoms with van der Waals surface area (Å²) in [5.74, 6) is 0.216. The van der Waals surface area contributed by atoms with Gasteiger partial charge in [0, 0.05) is 6.54 Å². The van der Waals surface area contributed by atoms with Crippen LogP contribution in [0.25, 0.3) is 0 Å². The van der Waals surface area contributed by atoms with E-state index in [4.69, 9.17) is 0 Å². The topological polar surface area (TPSA) is 41.1 Å². The summed E-state index contributed by atoms with van der Waals surface area (Å²) in [6.45, 7) is 4.16. The highest BCUT2D eigenvalue weighted by atomic mass is 35.5. The summed E-state index contributed by atoms with van der Waals surface area (Å²) >= 11 is 0. The Labute approximate surface area is 111 Å². The van der Waals surface area contributed by atoms with Crippen molar-refractivity contribution in [2.24, 2.45) is 5.41 Å². The zero-order valence-electron chi connectivity index (χ0n) is 10.8. The van der Waals surface area contributed by atoms with Crippen molar-refractivity contribution in [2.75, 3.05) is 13.1 Å². The number of hydrogen-bond acceptors (Lipinski definition) is 2. The molecule has 100 valence electrons. The van der Waals surface area contributed by atoms with E-state index < -0.39 is 0 Å². The van der Waals surface area contributed by atoms with E-state index in [-0.39, 0.29) is 24.4 Å². The third kappa shape index (κ3) is 4.14. The lowest BCUT2D eigenvalue weighted by atomic mass is 9.89. The molecule has 0 bridgehead atoms. The highest BCUT2D eigenvalue weighted by Gasteiger charge is 2.30. The first-order valence-corrected chi connectivity index (χ1v) is 6.71. The van der Waals surface area contributed by atoms with Gasteiger partial charge in [-0.2, -0.15) is 0 Å². The minimum Gasteiger partial charge on any atom is -0.354 e. The van der Waals surface area contributed by atoms with Crippen LogP contribution in [-0.4, -0.2) is 25.0 Å². The maximum Gasteiger partial charge on any atom is 0.237 e. The molecule has 0 spiro atoms. The standard InChI is InChI=1S/C13H24N2O.ClH/c1-13(7-3-4-8-13)10-15-12(16)11-6-2-5-9-14-11;/h11,14H,2-10H2,1H3,(H,15,16);1H/t11-;/m0./s1. The Morgan fingerprint density at radius 3 is 2.59 bits per heavy atom. The van der Waals surface area contributed by atoms with Gasteiger partial charge in [-0.1, -0.05) is 26.2 Å². The lowest BCUT2D eigenvalue weighted by Crippen LogP contribution is -2.48. The third-order valence-corrected chi connectivity index (χ3v) is 4.13. The van der Waals surface area contributed by atoms with Crippen molar-refractivity contribution < 1.29 is 4.79 Å². The van der Waals surface area contributed by atoms with E-state index >= 15 is 0 Å². The molecule has 3 nitrogen and oxygen atoms in total. The number of amides is 1. The molecule has 0 aromatic heterocycles. The first-order chi connectivity index (χ1) is 7.70. The van der Waals surface area contributed by atoms with E-state index in [1.54, 1.807) is 0 Å². The first kappa shape index (κ1) is 14.8. The minimum atomic E-state index is 0. The molecule has 1 saturated heterocycles. The second-order valence-electron chi connectivity index (χ2n) is 5.74. The van der Waals surface area contributed by atoms with Crippen LogP contribution >= 0.6 is 12.4 Å². The maximum atomic E-state index is 11.9. The van der Waals surface area contributed by atoms with Crippen LogP contribution in [0.1, 0.15) is 51.9 Å². The molecule has 2 aliphatic rings. The molecule has 0 aromatic carbocycles. The van der Waals surface area contributed by atoms with Crippen molar-refractivity contribution in [1.82, 2.24) is 10.6 Å². The van der Waals surface area contributed by atoms with Gasteiger partial charge in [-0.3, -0.25) is 4.79 Å². The van der Waals surface area contributed by atoms with Gasteiger partial charge in [0.2, 0.25) is 5.91 Å². The van der Waals surface area contributed by atoms with Gasteiger partial charge in [0.15, 0.2) is 0 Å². The van der Waals surface area contributed by atoms with Crippen LogP contribution in [0, 0.1) is 5.41 Å². The molecule has 1 aliphatic heterocycles. The van der Waals surface area contributed by atoms with Crippen molar-refractivity contribution in [3.63, 3.8) is 0 Å². The average molecular weight is 261 g/mol. The predicted octanol–water partition coefficient (Wildman–Crippen LogP) is 2.25. The van der Waals surface area contributed by atoms with Gasteiger partial charge < -0.3 is 10.6 Å². The zero-order chi connectivity index (χ0) is 11.4. The Bertz CT molecular complexity index is 246. The molecule has 0 radical (unpaired) electrons. The normalized spacial score (nSPS) is 27.2. The largest absolute Gasteiger partial charge is 0.354 e. The SMILES string of the molecule is CC1(CNC(=O)[C@@H]2CCCCN2)CCCC1.Cl. The quantitative estimate of drug-likeness (QED) is 0.817.